The van der Waals surface area contributed by atoms with Gasteiger partial charge in [0, 0.05) is 31.6 Å². The third-order valence-electron chi connectivity index (χ3n) is 3.12. The number of rotatable bonds is 8. The molecule has 0 aliphatic rings. The van der Waals surface area contributed by atoms with Gasteiger partial charge < -0.3 is 10.1 Å². The largest absolute Gasteiger partial charge is 0.385 e. The monoisotopic (exact) mass is 338 g/mol. The number of anilines is 2. The molecule has 2 aromatic rings. The number of nitrogens with one attached hydrogen (secondary N) is 2. The molecule has 0 fully saturated rings. The van der Waals surface area contributed by atoms with Crippen LogP contribution < -0.4 is 10.0 Å². The average Bonchev–Trinajstić information content (AvgIpc) is 2.53. The number of methoxy groups -OCH3 is 1. The van der Waals surface area contributed by atoms with Crippen molar-refractivity contribution in [3.8, 4) is 0 Å². The van der Waals surface area contributed by atoms with Crippen molar-refractivity contribution >= 4 is 21.4 Å². The van der Waals surface area contributed by atoms with Crippen molar-refractivity contribution in [2.75, 3.05) is 30.3 Å². The average molecular weight is 338 g/mol. The molecule has 2 aromatic carbocycles. The van der Waals surface area contributed by atoms with Crippen LogP contribution in [0.1, 0.15) is 6.42 Å². The Labute approximate surface area is 135 Å². The predicted molar refractivity (Wildman–Crippen MR) is 88.6 cm³/mol. The normalized spacial score (nSPS) is 11.2. The Hall–Kier alpha value is -2.12. The Kier molecular flexibility index (Phi) is 5.95. The predicted octanol–water partition coefficient (Wildman–Crippen LogP) is 3.07. The lowest BCUT2D eigenvalue weighted by Crippen LogP contribution is -2.13. The molecule has 0 radical (unpaired) electrons. The summed E-state index contributed by atoms with van der Waals surface area (Å²) >= 11 is 0. The van der Waals surface area contributed by atoms with Crippen LogP contribution in [-0.2, 0) is 14.8 Å². The summed E-state index contributed by atoms with van der Waals surface area (Å²) < 4.78 is 44.6. The highest BCUT2D eigenvalue weighted by atomic mass is 32.2. The summed E-state index contributed by atoms with van der Waals surface area (Å²) in [7, 11) is -2.07. The molecule has 0 saturated heterocycles. The molecule has 0 saturated carbocycles. The lowest BCUT2D eigenvalue weighted by molar-refractivity contribution is 0.198. The van der Waals surface area contributed by atoms with E-state index in [2.05, 4.69) is 10.0 Å². The van der Waals surface area contributed by atoms with Crippen molar-refractivity contribution in [3.63, 3.8) is 0 Å². The zero-order valence-electron chi connectivity index (χ0n) is 12.8. The Balaban J connectivity index is 1.98. The number of benzene rings is 2. The second-order valence-corrected chi connectivity index (χ2v) is 6.59. The van der Waals surface area contributed by atoms with Crippen LogP contribution in [0, 0.1) is 5.82 Å². The summed E-state index contributed by atoms with van der Waals surface area (Å²) in [6.07, 6.45) is 0.884. The Bertz CT molecular complexity index is 716. The lowest BCUT2D eigenvalue weighted by atomic mass is 10.3. The van der Waals surface area contributed by atoms with Gasteiger partial charge in [0.1, 0.15) is 5.82 Å². The third-order valence-corrected chi connectivity index (χ3v) is 4.51. The number of ether oxygens (including phenoxy) is 1. The van der Waals surface area contributed by atoms with E-state index in [4.69, 9.17) is 4.74 Å². The van der Waals surface area contributed by atoms with Crippen LogP contribution in [-0.4, -0.2) is 28.7 Å². The van der Waals surface area contributed by atoms with Gasteiger partial charge in [-0.2, -0.15) is 0 Å². The molecule has 0 heterocycles. The Morgan fingerprint density at radius 1 is 1.00 bits per heavy atom. The highest BCUT2D eigenvalue weighted by molar-refractivity contribution is 7.92. The van der Waals surface area contributed by atoms with Gasteiger partial charge in [-0.3, -0.25) is 4.72 Å². The standard InChI is InChI=1S/C16H19FN2O3S/c1-22-12-2-11-18-14-5-7-15(8-6-14)19-23(20,21)16-9-3-13(17)4-10-16/h3-10,18-19H,2,11-12H2,1H3. The molecule has 0 aliphatic heterocycles. The van der Waals surface area contributed by atoms with Gasteiger partial charge in [0.15, 0.2) is 0 Å². The molecule has 2 N–H and O–H groups in total. The fourth-order valence-corrected chi connectivity index (χ4v) is 2.99. The molecule has 2 rings (SSSR count). The maximum absolute atomic E-state index is 12.9. The molecule has 0 unspecified atom stereocenters. The molecule has 0 amide bonds. The van der Waals surface area contributed by atoms with E-state index in [-0.39, 0.29) is 4.90 Å². The minimum atomic E-state index is -3.72. The van der Waals surface area contributed by atoms with Crippen molar-refractivity contribution in [1.82, 2.24) is 0 Å². The summed E-state index contributed by atoms with van der Waals surface area (Å²) in [5.41, 5.74) is 1.34. The van der Waals surface area contributed by atoms with E-state index < -0.39 is 15.8 Å². The van der Waals surface area contributed by atoms with E-state index in [0.29, 0.717) is 12.3 Å². The molecule has 0 bridgehead atoms. The van der Waals surface area contributed by atoms with E-state index in [9.17, 15) is 12.8 Å². The maximum atomic E-state index is 12.9. The lowest BCUT2D eigenvalue weighted by Gasteiger charge is -2.10. The van der Waals surface area contributed by atoms with Crippen LogP contribution in [0.4, 0.5) is 15.8 Å². The van der Waals surface area contributed by atoms with Crippen molar-refractivity contribution in [2.45, 2.75) is 11.3 Å². The van der Waals surface area contributed by atoms with Gasteiger partial charge in [0.05, 0.1) is 4.90 Å². The zero-order chi connectivity index (χ0) is 16.7. The zero-order valence-corrected chi connectivity index (χ0v) is 13.6. The SMILES string of the molecule is COCCCNc1ccc(NS(=O)(=O)c2ccc(F)cc2)cc1. The third kappa shape index (κ3) is 5.22. The van der Waals surface area contributed by atoms with E-state index >= 15 is 0 Å². The highest BCUT2D eigenvalue weighted by Gasteiger charge is 2.13. The minimum Gasteiger partial charge on any atom is -0.385 e. The van der Waals surface area contributed by atoms with E-state index in [1.807, 2.05) is 0 Å². The number of hydrogen-bond donors (Lipinski definition) is 2. The second-order valence-electron chi connectivity index (χ2n) is 4.91. The first-order chi connectivity index (χ1) is 11.0. The fraction of sp³-hybridized carbons (Fsp3) is 0.250. The minimum absolute atomic E-state index is 0.0145. The second kappa shape index (κ2) is 7.94. The van der Waals surface area contributed by atoms with Crippen LogP contribution in [0.2, 0.25) is 0 Å². The molecule has 7 heteroatoms. The summed E-state index contributed by atoms with van der Waals surface area (Å²) in [5, 5.41) is 3.21. The van der Waals surface area contributed by atoms with Crippen LogP contribution >= 0.6 is 0 Å². The molecule has 0 aliphatic carbocycles. The molecule has 0 atom stereocenters. The summed E-state index contributed by atoms with van der Waals surface area (Å²) in [6.45, 7) is 1.46. The fourth-order valence-electron chi connectivity index (χ4n) is 1.93. The van der Waals surface area contributed by atoms with Crippen molar-refractivity contribution in [3.05, 3.63) is 54.3 Å². The molecule has 0 aromatic heterocycles. The number of halogens is 1. The molecule has 124 valence electrons. The summed E-state index contributed by atoms with van der Waals surface area (Å²) in [5.74, 6) is -0.479. The quantitative estimate of drug-likeness (QED) is 0.726. The smallest absolute Gasteiger partial charge is 0.261 e. The number of hydrogen-bond acceptors (Lipinski definition) is 4. The van der Waals surface area contributed by atoms with Gasteiger partial charge in [-0.1, -0.05) is 0 Å². The van der Waals surface area contributed by atoms with Crippen LogP contribution in [0.15, 0.2) is 53.4 Å². The van der Waals surface area contributed by atoms with Crippen LogP contribution in [0.25, 0.3) is 0 Å². The summed E-state index contributed by atoms with van der Waals surface area (Å²) in [6, 6.07) is 11.6. The first-order valence-corrected chi connectivity index (χ1v) is 8.61. The first kappa shape index (κ1) is 17.2. The van der Waals surface area contributed by atoms with Gasteiger partial charge in [-0.05, 0) is 55.0 Å². The molecule has 0 spiro atoms. The first-order valence-electron chi connectivity index (χ1n) is 7.12. The van der Waals surface area contributed by atoms with E-state index in [1.54, 1.807) is 31.4 Å². The van der Waals surface area contributed by atoms with Gasteiger partial charge in [0.25, 0.3) is 10.0 Å². The van der Waals surface area contributed by atoms with E-state index in [0.717, 1.165) is 30.8 Å². The number of sulfonamides is 1. The maximum Gasteiger partial charge on any atom is 0.261 e. The molecular formula is C16H19FN2O3S. The van der Waals surface area contributed by atoms with Crippen molar-refractivity contribution in [1.29, 1.82) is 0 Å². The van der Waals surface area contributed by atoms with Crippen LogP contribution in [0.3, 0.4) is 0 Å². The highest BCUT2D eigenvalue weighted by Crippen LogP contribution is 2.18. The van der Waals surface area contributed by atoms with Crippen molar-refractivity contribution < 1.29 is 17.5 Å². The molecule has 23 heavy (non-hydrogen) atoms. The van der Waals surface area contributed by atoms with E-state index in [1.165, 1.54) is 12.1 Å². The van der Waals surface area contributed by atoms with Gasteiger partial charge in [0.2, 0.25) is 0 Å². The van der Waals surface area contributed by atoms with Crippen molar-refractivity contribution in [2.24, 2.45) is 0 Å². The van der Waals surface area contributed by atoms with Crippen LogP contribution in [0.5, 0.6) is 0 Å². The van der Waals surface area contributed by atoms with Gasteiger partial charge in [-0.25, -0.2) is 12.8 Å². The summed E-state index contributed by atoms with van der Waals surface area (Å²) in [4.78, 5) is 0.0145. The topological polar surface area (TPSA) is 67.4 Å². The Morgan fingerprint density at radius 2 is 1.61 bits per heavy atom. The molecule has 5 nitrogen and oxygen atoms in total. The van der Waals surface area contributed by atoms with Gasteiger partial charge >= 0.3 is 0 Å². The van der Waals surface area contributed by atoms with Gasteiger partial charge in [-0.15, -0.1) is 0 Å². The Morgan fingerprint density at radius 3 is 2.22 bits per heavy atom. The molecular weight excluding hydrogens is 319 g/mol.